The van der Waals surface area contributed by atoms with Gasteiger partial charge in [0.25, 0.3) is 0 Å². The van der Waals surface area contributed by atoms with Gasteiger partial charge in [0, 0.05) is 4.88 Å². The summed E-state index contributed by atoms with van der Waals surface area (Å²) in [5.74, 6) is 0. The molecule has 1 atom stereocenters. The van der Waals surface area contributed by atoms with Crippen LogP contribution in [-0.4, -0.2) is 0 Å². The molecule has 0 aromatic carbocycles. The number of nitrogens with two attached hydrogens (primary N) is 1. The smallest absolute Gasteiger partial charge is 0.0654 e. The minimum atomic E-state index is 0. The summed E-state index contributed by atoms with van der Waals surface area (Å²) in [5, 5.41) is 6.22. The van der Waals surface area contributed by atoms with Crippen LogP contribution in [-0.2, 0) is 0 Å². The number of rotatable bonds is 2. The summed E-state index contributed by atoms with van der Waals surface area (Å²) in [6.07, 6.45) is 0. The molecule has 0 saturated heterocycles. The lowest BCUT2D eigenvalue weighted by molar-refractivity contribution is 0.899. The number of hydrogen-bond acceptors (Lipinski definition) is 3. The zero-order valence-electron chi connectivity index (χ0n) is 6.84. The first-order valence-corrected chi connectivity index (χ1v) is 5.51. The van der Waals surface area contributed by atoms with Gasteiger partial charge < -0.3 is 5.73 Å². The Labute approximate surface area is 91.6 Å². The average Bonchev–Trinajstić information content (AvgIpc) is 2.77. The van der Waals surface area contributed by atoms with Crippen LogP contribution in [0.3, 0.4) is 0 Å². The Hall–Kier alpha value is -0.350. The van der Waals surface area contributed by atoms with Crippen LogP contribution in [0.4, 0.5) is 0 Å². The Morgan fingerprint density at radius 3 is 2.62 bits per heavy atom. The second kappa shape index (κ2) is 4.77. The second-order valence-electron chi connectivity index (χ2n) is 2.55. The van der Waals surface area contributed by atoms with Gasteiger partial charge in [-0.15, -0.1) is 23.7 Å². The largest absolute Gasteiger partial charge is 0.320 e. The highest BCUT2D eigenvalue weighted by Crippen LogP contribution is 2.24. The molecule has 70 valence electrons. The third-order valence-electron chi connectivity index (χ3n) is 1.75. The Kier molecular flexibility index (Phi) is 3.93. The van der Waals surface area contributed by atoms with Gasteiger partial charge in [-0.1, -0.05) is 6.07 Å². The molecule has 0 bridgehead atoms. The quantitative estimate of drug-likeness (QED) is 0.844. The van der Waals surface area contributed by atoms with Gasteiger partial charge in [-0.05, 0) is 33.8 Å². The molecule has 4 heteroatoms. The summed E-state index contributed by atoms with van der Waals surface area (Å²) in [5.41, 5.74) is 7.23. The number of thiophene rings is 2. The van der Waals surface area contributed by atoms with E-state index < -0.39 is 0 Å². The highest BCUT2D eigenvalue weighted by molar-refractivity contribution is 7.10. The first-order chi connectivity index (χ1) is 5.88. The third-order valence-corrected chi connectivity index (χ3v) is 3.41. The summed E-state index contributed by atoms with van der Waals surface area (Å²) >= 11 is 3.40. The van der Waals surface area contributed by atoms with Crippen LogP contribution in [0.5, 0.6) is 0 Å². The van der Waals surface area contributed by atoms with Crippen LogP contribution >= 0.6 is 35.1 Å². The fourth-order valence-electron chi connectivity index (χ4n) is 1.08. The molecule has 1 nitrogen and oxygen atoms in total. The van der Waals surface area contributed by atoms with Crippen molar-refractivity contribution in [2.45, 2.75) is 6.04 Å². The first-order valence-electron chi connectivity index (χ1n) is 3.69. The van der Waals surface area contributed by atoms with Gasteiger partial charge in [-0.25, -0.2) is 0 Å². The maximum Gasteiger partial charge on any atom is 0.0654 e. The van der Waals surface area contributed by atoms with Crippen molar-refractivity contribution < 1.29 is 0 Å². The Morgan fingerprint density at radius 1 is 1.23 bits per heavy atom. The molecule has 0 spiro atoms. The Morgan fingerprint density at radius 2 is 2.08 bits per heavy atom. The summed E-state index contributed by atoms with van der Waals surface area (Å²) in [6.45, 7) is 0. The van der Waals surface area contributed by atoms with E-state index in [0.717, 1.165) is 0 Å². The lowest BCUT2D eigenvalue weighted by Crippen LogP contribution is -2.08. The molecule has 0 radical (unpaired) electrons. The molecule has 2 aromatic rings. The summed E-state index contributed by atoms with van der Waals surface area (Å²) in [6, 6.07) is 6.25. The molecule has 0 fully saturated rings. The van der Waals surface area contributed by atoms with Crippen molar-refractivity contribution in [3.63, 3.8) is 0 Å². The van der Waals surface area contributed by atoms with Gasteiger partial charge in [0.15, 0.2) is 0 Å². The molecule has 0 saturated carbocycles. The van der Waals surface area contributed by atoms with Crippen molar-refractivity contribution in [3.05, 3.63) is 44.8 Å². The molecule has 13 heavy (non-hydrogen) atoms. The van der Waals surface area contributed by atoms with Gasteiger partial charge in [-0.3, -0.25) is 0 Å². The van der Waals surface area contributed by atoms with E-state index >= 15 is 0 Å². The topological polar surface area (TPSA) is 26.0 Å². The minimum Gasteiger partial charge on any atom is -0.320 e. The van der Waals surface area contributed by atoms with Gasteiger partial charge in [0.05, 0.1) is 6.04 Å². The number of halogens is 1. The standard InChI is InChI=1S/C9H9NS2.ClH/c10-9(7-3-5-11-6-7)8-2-1-4-12-8;/h1-6,9H,10H2;1H/t9-;/m1./s1. The van der Waals surface area contributed by atoms with Crippen LogP contribution in [0.15, 0.2) is 34.3 Å². The Bertz CT molecular complexity index is 294. The molecule has 0 unspecified atom stereocenters. The molecule has 0 aliphatic rings. The van der Waals surface area contributed by atoms with E-state index in [9.17, 15) is 0 Å². The SMILES string of the molecule is Cl.N[C@H](c1ccsc1)c1cccs1. The zero-order chi connectivity index (χ0) is 8.39. The van der Waals surface area contributed by atoms with Crippen molar-refractivity contribution >= 4 is 35.1 Å². The van der Waals surface area contributed by atoms with Gasteiger partial charge in [0.2, 0.25) is 0 Å². The van der Waals surface area contributed by atoms with E-state index in [1.165, 1.54) is 10.4 Å². The monoisotopic (exact) mass is 231 g/mol. The van der Waals surface area contributed by atoms with Crippen molar-refractivity contribution in [1.82, 2.24) is 0 Å². The van der Waals surface area contributed by atoms with Crippen molar-refractivity contribution in [2.24, 2.45) is 5.73 Å². The average molecular weight is 232 g/mol. The van der Waals surface area contributed by atoms with Gasteiger partial charge in [0.1, 0.15) is 0 Å². The lowest BCUT2D eigenvalue weighted by atomic mass is 10.1. The molecule has 0 amide bonds. The lowest BCUT2D eigenvalue weighted by Gasteiger charge is -2.05. The van der Waals surface area contributed by atoms with E-state index in [0.29, 0.717) is 0 Å². The predicted octanol–water partition coefficient (Wildman–Crippen LogP) is 3.28. The summed E-state index contributed by atoms with van der Waals surface area (Å²) in [4.78, 5) is 1.23. The van der Waals surface area contributed by atoms with E-state index in [1.807, 2.05) is 6.07 Å². The molecule has 2 aromatic heterocycles. The third kappa shape index (κ3) is 2.31. The van der Waals surface area contributed by atoms with Crippen LogP contribution in [0.1, 0.15) is 16.5 Å². The van der Waals surface area contributed by atoms with Crippen molar-refractivity contribution in [2.75, 3.05) is 0 Å². The van der Waals surface area contributed by atoms with E-state index in [2.05, 4.69) is 28.3 Å². The summed E-state index contributed by atoms with van der Waals surface area (Å²) in [7, 11) is 0. The first kappa shape index (κ1) is 10.7. The highest BCUT2D eigenvalue weighted by Gasteiger charge is 2.08. The second-order valence-corrected chi connectivity index (χ2v) is 4.31. The van der Waals surface area contributed by atoms with E-state index in [1.54, 1.807) is 22.7 Å². The Balaban J connectivity index is 0.000000845. The summed E-state index contributed by atoms with van der Waals surface area (Å²) < 4.78 is 0. The molecular formula is C9H10ClNS2. The van der Waals surface area contributed by atoms with Gasteiger partial charge >= 0.3 is 0 Å². The van der Waals surface area contributed by atoms with E-state index in [-0.39, 0.29) is 18.4 Å². The molecule has 0 aliphatic carbocycles. The fraction of sp³-hybridized carbons (Fsp3) is 0.111. The van der Waals surface area contributed by atoms with Crippen LogP contribution in [0.25, 0.3) is 0 Å². The van der Waals surface area contributed by atoms with E-state index in [4.69, 9.17) is 5.73 Å². The number of hydrogen-bond donors (Lipinski definition) is 1. The molecule has 2 heterocycles. The molecule has 0 aliphatic heterocycles. The van der Waals surface area contributed by atoms with Gasteiger partial charge in [-0.2, -0.15) is 11.3 Å². The molecule has 2 rings (SSSR count). The van der Waals surface area contributed by atoms with Crippen molar-refractivity contribution in [3.8, 4) is 0 Å². The molecular weight excluding hydrogens is 222 g/mol. The fourth-order valence-corrected chi connectivity index (χ4v) is 2.54. The van der Waals surface area contributed by atoms with Crippen LogP contribution in [0, 0.1) is 0 Å². The normalized spacial score (nSPS) is 12.1. The maximum atomic E-state index is 6.02. The highest BCUT2D eigenvalue weighted by atomic mass is 35.5. The maximum absolute atomic E-state index is 6.02. The predicted molar refractivity (Wildman–Crippen MR) is 61.9 cm³/mol. The zero-order valence-corrected chi connectivity index (χ0v) is 9.29. The minimum absolute atomic E-state index is 0. The van der Waals surface area contributed by atoms with Crippen LogP contribution in [0.2, 0.25) is 0 Å². The molecule has 2 N–H and O–H groups in total. The van der Waals surface area contributed by atoms with Crippen molar-refractivity contribution in [1.29, 1.82) is 0 Å². The van der Waals surface area contributed by atoms with Crippen LogP contribution < -0.4 is 5.73 Å².